The van der Waals surface area contributed by atoms with Crippen molar-refractivity contribution in [3.63, 3.8) is 0 Å². The van der Waals surface area contributed by atoms with Crippen molar-refractivity contribution in [2.45, 2.75) is 13.8 Å². The summed E-state index contributed by atoms with van der Waals surface area (Å²) in [5, 5.41) is 0. The second-order valence-electron chi connectivity index (χ2n) is 6.68. The molecule has 0 aromatic heterocycles. The fourth-order valence-corrected chi connectivity index (χ4v) is 3.14. The van der Waals surface area contributed by atoms with Gasteiger partial charge in [0, 0.05) is 0 Å². The summed E-state index contributed by atoms with van der Waals surface area (Å²) in [4.78, 5) is 38.9. The van der Waals surface area contributed by atoms with Crippen LogP contribution in [0.4, 0.5) is 5.69 Å². The molecule has 0 atom stereocenters. The molecule has 5 heteroatoms. The number of amides is 2. The van der Waals surface area contributed by atoms with Gasteiger partial charge in [-0.3, -0.25) is 9.59 Å². The fourth-order valence-electron chi connectivity index (χ4n) is 3.14. The van der Waals surface area contributed by atoms with E-state index in [1.807, 2.05) is 19.9 Å². The molecule has 0 saturated heterocycles. The van der Waals surface area contributed by atoms with Crippen LogP contribution in [0.25, 0.3) is 0 Å². The second-order valence-corrected chi connectivity index (χ2v) is 6.68. The van der Waals surface area contributed by atoms with Crippen LogP contribution in [0.15, 0.2) is 66.7 Å². The predicted octanol–water partition coefficient (Wildman–Crippen LogP) is 4.32. The van der Waals surface area contributed by atoms with Gasteiger partial charge in [-0.15, -0.1) is 0 Å². The van der Waals surface area contributed by atoms with E-state index in [1.54, 1.807) is 54.6 Å². The minimum absolute atomic E-state index is 0.257. The number of fused-ring (bicyclic) bond motifs is 1. The topological polar surface area (TPSA) is 63.7 Å². The minimum atomic E-state index is -0.554. The quantitative estimate of drug-likeness (QED) is 0.391. The minimum Gasteiger partial charge on any atom is -0.423 e. The summed E-state index contributed by atoms with van der Waals surface area (Å²) in [6, 6.07) is 18.4. The molecule has 0 spiro atoms. The van der Waals surface area contributed by atoms with Gasteiger partial charge < -0.3 is 4.74 Å². The van der Waals surface area contributed by atoms with Crippen molar-refractivity contribution < 1.29 is 19.1 Å². The van der Waals surface area contributed by atoms with Crippen LogP contribution in [0.3, 0.4) is 0 Å². The summed E-state index contributed by atoms with van der Waals surface area (Å²) >= 11 is 0. The Labute approximate surface area is 162 Å². The number of carbonyl (C=O) groups excluding carboxylic acids is 3. The summed E-state index contributed by atoms with van der Waals surface area (Å²) < 4.78 is 5.44. The molecule has 0 N–H and O–H groups in total. The molecule has 3 aromatic rings. The number of imide groups is 1. The van der Waals surface area contributed by atoms with Crippen LogP contribution in [0, 0.1) is 13.8 Å². The number of ether oxygens (including phenoxy) is 1. The number of hydrogen-bond acceptors (Lipinski definition) is 4. The standard InChI is InChI=1S/C23H17NO4/c1-14-10-11-18(12-15(14)2)28-23(27)16-6-5-7-17(13-16)24-21(25)19-8-3-4-9-20(19)22(24)26/h3-13H,1-2H3. The molecule has 138 valence electrons. The monoisotopic (exact) mass is 371 g/mol. The summed E-state index contributed by atoms with van der Waals surface area (Å²) in [5.74, 6) is -0.915. The molecular weight excluding hydrogens is 354 g/mol. The molecule has 2 amide bonds. The largest absolute Gasteiger partial charge is 0.423 e. The van der Waals surface area contributed by atoms with Crippen LogP contribution in [0.1, 0.15) is 42.2 Å². The Bertz CT molecular complexity index is 1100. The summed E-state index contributed by atoms with van der Waals surface area (Å²) in [6.45, 7) is 3.92. The molecule has 28 heavy (non-hydrogen) atoms. The van der Waals surface area contributed by atoms with Gasteiger partial charge in [-0.25, -0.2) is 9.69 Å². The van der Waals surface area contributed by atoms with Gasteiger partial charge >= 0.3 is 5.97 Å². The zero-order valence-electron chi connectivity index (χ0n) is 15.4. The number of nitrogens with zero attached hydrogens (tertiary/aromatic N) is 1. The SMILES string of the molecule is Cc1ccc(OC(=O)c2cccc(N3C(=O)c4ccccc4C3=O)c2)cc1C. The summed E-state index contributed by atoms with van der Waals surface area (Å²) in [5.41, 5.74) is 3.43. The second kappa shape index (κ2) is 6.78. The predicted molar refractivity (Wildman–Crippen MR) is 105 cm³/mol. The van der Waals surface area contributed by atoms with E-state index < -0.39 is 17.8 Å². The van der Waals surface area contributed by atoms with Crippen LogP contribution < -0.4 is 9.64 Å². The Morgan fingerprint density at radius 2 is 1.46 bits per heavy atom. The van der Waals surface area contributed by atoms with Gasteiger partial charge in [0.2, 0.25) is 0 Å². The van der Waals surface area contributed by atoms with Crippen molar-refractivity contribution in [3.05, 3.63) is 94.5 Å². The highest BCUT2D eigenvalue weighted by atomic mass is 16.5. The Morgan fingerprint density at radius 3 is 2.11 bits per heavy atom. The maximum Gasteiger partial charge on any atom is 0.343 e. The van der Waals surface area contributed by atoms with Crippen LogP contribution in [0.5, 0.6) is 5.75 Å². The van der Waals surface area contributed by atoms with Crippen molar-refractivity contribution >= 4 is 23.5 Å². The highest BCUT2D eigenvalue weighted by Crippen LogP contribution is 2.29. The highest BCUT2D eigenvalue weighted by molar-refractivity contribution is 6.34. The summed E-state index contributed by atoms with van der Waals surface area (Å²) in [6.07, 6.45) is 0. The number of aryl methyl sites for hydroxylation is 2. The first-order valence-electron chi connectivity index (χ1n) is 8.83. The van der Waals surface area contributed by atoms with Crippen molar-refractivity contribution in [2.75, 3.05) is 4.90 Å². The third-order valence-corrected chi connectivity index (χ3v) is 4.82. The van der Waals surface area contributed by atoms with E-state index in [-0.39, 0.29) is 5.56 Å². The van der Waals surface area contributed by atoms with Gasteiger partial charge in [-0.2, -0.15) is 0 Å². The Hall–Kier alpha value is -3.73. The van der Waals surface area contributed by atoms with Crippen LogP contribution in [0.2, 0.25) is 0 Å². The van der Waals surface area contributed by atoms with Crippen LogP contribution >= 0.6 is 0 Å². The van der Waals surface area contributed by atoms with Crippen LogP contribution in [-0.2, 0) is 0 Å². The number of esters is 1. The van der Waals surface area contributed by atoms with Crippen molar-refractivity contribution in [1.29, 1.82) is 0 Å². The lowest BCUT2D eigenvalue weighted by Crippen LogP contribution is -2.29. The van der Waals surface area contributed by atoms with Gasteiger partial charge in [-0.05, 0) is 67.4 Å². The molecule has 0 saturated carbocycles. The molecule has 1 aliphatic rings. The lowest BCUT2D eigenvalue weighted by atomic mass is 10.1. The number of hydrogen-bond donors (Lipinski definition) is 0. The Balaban J connectivity index is 1.62. The van der Waals surface area contributed by atoms with Crippen molar-refractivity contribution in [2.24, 2.45) is 0 Å². The normalized spacial score (nSPS) is 12.9. The maximum atomic E-state index is 12.6. The fraction of sp³-hybridized carbons (Fsp3) is 0.0870. The number of carbonyl (C=O) groups is 3. The molecule has 3 aromatic carbocycles. The molecule has 0 radical (unpaired) electrons. The molecule has 1 aliphatic heterocycles. The average Bonchev–Trinajstić information content (AvgIpc) is 2.96. The van der Waals surface area contributed by atoms with E-state index >= 15 is 0 Å². The highest BCUT2D eigenvalue weighted by Gasteiger charge is 2.36. The van der Waals surface area contributed by atoms with Gasteiger partial charge in [0.15, 0.2) is 0 Å². The molecule has 0 fully saturated rings. The van der Waals surface area contributed by atoms with Gasteiger partial charge in [0.1, 0.15) is 5.75 Å². The van der Waals surface area contributed by atoms with Crippen molar-refractivity contribution in [3.8, 4) is 5.75 Å². The number of anilines is 1. The molecule has 5 nitrogen and oxygen atoms in total. The van der Waals surface area contributed by atoms with Gasteiger partial charge in [0.25, 0.3) is 11.8 Å². The lowest BCUT2D eigenvalue weighted by Gasteiger charge is -2.15. The zero-order valence-corrected chi connectivity index (χ0v) is 15.4. The van der Waals surface area contributed by atoms with Gasteiger partial charge in [0.05, 0.1) is 22.4 Å². The lowest BCUT2D eigenvalue weighted by molar-refractivity contribution is 0.0733. The van der Waals surface area contributed by atoms with Crippen molar-refractivity contribution in [1.82, 2.24) is 0 Å². The van der Waals surface area contributed by atoms with E-state index in [9.17, 15) is 14.4 Å². The Morgan fingerprint density at radius 1 is 0.786 bits per heavy atom. The first kappa shape index (κ1) is 17.7. The molecule has 0 aliphatic carbocycles. The van der Waals surface area contributed by atoms with Gasteiger partial charge in [-0.1, -0.05) is 24.3 Å². The molecular formula is C23H17NO4. The van der Waals surface area contributed by atoms with E-state index in [0.29, 0.717) is 22.6 Å². The first-order valence-corrected chi connectivity index (χ1v) is 8.83. The Kier molecular flexibility index (Phi) is 4.28. The first-order chi connectivity index (χ1) is 13.5. The van der Waals surface area contributed by atoms with E-state index in [2.05, 4.69) is 0 Å². The summed E-state index contributed by atoms with van der Waals surface area (Å²) in [7, 11) is 0. The number of rotatable bonds is 3. The molecule has 1 heterocycles. The number of benzene rings is 3. The maximum absolute atomic E-state index is 12.6. The third kappa shape index (κ3) is 2.97. The average molecular weight is 371 g/mol. The van der Waals surface area contributed by atoms with E-state index in [4.69, 9.17) is 4.74 Å². The van der Waals surface area contributed by atoms with Crippen LogP contribution in [-0.4, -0.2) is 17.8 Å². The molecule has 4 rings (SSSR count). The molecule has 0 bridgehead atoms. The smallest absolute Gasteiger partial charge is 0.343 e. The third-order valence-electron chi connectivity index (χ3n) is 4.82. The molecule has 0 unspecified atom stereocenters. The zero-order chi connectivity index (χ0) is 19.8. The van der Waals surface area contributed by atoms with E-state index in [1.165, 1.54) is 6.07 Å². The van der Waals surface area contributed by atoms with E-state index in [0.717, 1.165) is 16.0 Å².